The van der Waals surface area contributed by atoms with Crippen molar-refractivity contribution >= 4 is 17.4 Å². The van der Waals surface area contributed by atoms with Crippen LogP contribution in [0.1, 0.15) is 19.7 Å². The quantitative estimate of drug-likeness (QED) is 0.862. The van der Waals surface area contributed by atoms with E-state index in [9.17, 15) is 4.39 Å². The molecule has 4 nitrogen and oxygen atoms in total. The Morgan fingerprint density at radius 1 is 1.44 bits per heavy atom. The molecule has 1 aromatic carbocycles. The van der Waals surface area contributed by atoms with Gasteiger partial charge in [-0.2, -0.15) is 16.7 Å². The molecular formula is C12H14FN3OS. The molecule has 96 valence electrons. The van der Waals surface area contributed by atoms with E-state index < -0.39 is 5.82 Å². The Hall–Kier alpha value is -1.56. The minimum atomic E-state index is -0.450. The number of aromatic nitrogens is 2. The fourth-order valence-electron chi connectivity index (χ4n) is 1.35. The maximum Gasteiger partial charge on any atom is 0.258 e. The van der Waals surface area contributed by atoms with E-state index in [1.165, 1.54) is 12.1 Å². The van der Waals surface area contributed by atoms with E-state index in [0.717, 1.165) is 0 Å². The van der Waals surface area contributed by atoms with Crippen LogP contribution in [-0.2, 0) is 5.75 Å². The number of hydrogen-bond acceptors (Lipinski definition) is 5. The smallest absolute Gasteiger partial charge is 0.258 e. The lowest BCUT2D eigenvalue weighted by molar-refractivity contribution is 0.425. The molecule has 18 heavy (non-hydrogen) atoms. The first-order valence-corrected chi connectivity index (χ1v) is 6.60. The van der Waals surface area contributed by atoms with Gasteiger partial charge in [0.1, 0.15) is 5.82 Å². The highest BCUT2D eigenvalue weighted by molar-refractivity contribution is 7.99. The van der Waals surface area contributed by atoms with Gasteiger partial charge in [-0.25, -0.2) is 4.39 Å². The van der Waals surface area contributed by atoms with E-state index in [1.54, 1.807) is 17.8 Å². The molecule has 0 fully saturated rings. The zero-order valence-electron chi connectivity index (χ0n) is 10.2. The van der Waals surface area contributed by atoms with Crippen molar-refractivity contribution in [3.05, 3.63) is 29.8 Å². The predicted molar refractivity (Wildman–Crippen MR) is 70.5 cm³/mol. The number of nitrogen functional groups attached to an aromatic ring is 1. The van der Waals surface area contributed by atoms with E-state index in [0.29, 0.717) is 28.3 Å². The summed E-state index contributed by atoms with van der Waals surface area (Å²) in [5, 5.41) is 4.38. The predicted octanol–water partition coefficient (Wildman–Crippen LogP) is 3.10. The molecule has 2 N–H and O–H groups in total. The van der Waals surface area contributed by atoms with Crippen LogP contribution >= 0.6 is 11.8 Å². The first-order chi connectivity index (χ1) is 8.56. The number of nitrogens with two attached hydrogens (primary N) is 1. The monoisotopic (exact) mass is 267 g/mol. The fourth-order valence-corrected chi connectivity index (χ4v) is 1.95. The summed E-state index contributed by atoms with van der Waals surface area (Å²) in [6.07, 6.45) is 0. The van der Waals surface area contributed by atoms with Gasteiger partial charge < -0.3 is 10.3 Å². The summed E-state index contributed by atoms with van der Waals surface area (Å²) in [6.45, 7) is 4.21. The zero-order chi connectivity index (χ0) is 13.1. The standard InChI is InChI=1S/C12H14FN3OS/c1-7(2)18-6-11-15-12(17-16-11)8-3-4-9(13)10(14)5-8/h3-5,7H,6,14H2,1-2H3. The van der Waals surface area contributed by atoms with Gasteiger partial charge in [-0.1, -0.05) is 19.0 Å². The highest BCUT2D eigenvalue weighted by atomic mass is 32.2. The number of rotatable bonds is 4. The third-order valence-corrected chi connectivity index (χ3v) is 3.35. The minimum Gasteiger partial charge on any atom is -0.396 e. The second-order valence-corrected chi connectivity index (χ2v) is 5.68. The molecule has 0 saturated carbocycles. The molecule has 0 saturated heterocycles. The van der Waals surface area contributed by atoms with Crippen LogP contribution in [0.15, 0.2) is 22.7 Å². The van der Waals surface area contributed by atoms with E-state index >= 15 is 0 Å². The van der Waals surface area contributed by atoms with Crippen molar-refractivity contribution in [1.29, 1.82) is 0 Å². The second-order valence-electron chi connectivity index (χ2n) is 4.11. The number of halogens is 1. The highest BCUT2D eigenvalue weighted by Gasteiger charge is 2.11. The molecule has 0 aliphatic carbocycles. The van der Waals surface area contributed by atoms with Gasteiger partial charge in [-0.3, -0.25) is 0 Å². The van der Waals surface area contributed by atoms with Crippen molar-refractivity contribution in [3.8, 4) is 11.5 Å². The van der Waals surface area contributed by atoms with Crippen LogP contribution in [0.5, 0.6) is 0 Å². The van der Waals surface area contributed by atoms with E-state index in [1.807, 2.05) is 0 Å². The van der Waals surface area contributed by atoms with Gasteiger partial charge >= 0.3 is 0 Å². The molecule has 6 heteroatoms. The van der Waals surface area contributed by atoms with E-state index in [4.69, 9.17) is 10.3 Å². The maximum absolute atomic E-state index is 13.0. The summed E-state index contributed by atoms with van der Waals surface area (Å²) in [5.74, 6) is 1.24. The SMILES string of the molecule is CC(C)SCc1noc(-c2ccc(F)c(N)c2)n1. The average molecular weight is 267 g/mol. The van der Waals surface area contributed by atoms with Gasteiger partial charge in [0.15, 0.2) is 5.82 Å². The highest BCUT2D eigenvalue weighted by Crippen LogP contribution is 2.23. The molecule has 0 unspecified atom stereocenters. The van der Waals surface area contributed by atoms with Crippen LogP contribution in [0.25, 0.3) is 11.5 Å². The lowest BCUT2D eigenvalue weighted by Gasteiger charge is -1.99. The minimum absolute atomic E-state index is 0.0730. The molecule has 2 aromatic rings. The molecule has 0 spiro atoms. The molecule has 1 aromatic heterocycles. The second kappa shape index (κ2) is 5.39. The summed E-state index contributed by atoms with van der Waals surface area (Å²) in [7, 11) is 0. The van der Waals surface area contributed by atoms with Gasteiger partial charge in [0.25, 0.3) is 5.89 Å². The number of benzene rings is 1. The topological polar surface area (TPSA) is 64.9 Å². The molecular weight excluding hydrogens is 253 g/mol. The number of anilines is 1. The van der Waals surface area contributed by atoms with Crippen molar-refractivity contribution in [1.82, 2.24) is 10.1 Å². The molecule has 0 amide bonds. The Kier molecular flexibility index (Phi) is 3.86. The summed E-state index contributed by atoms with van der Waals surface area (Å²) in [6, 6.07) is 4.35. The van der Waals surface area contributed by atoms with Gasteiger partial charge in [0.2, 0.25) is 0 Å². The van der Waals surface area contributed by atoms with E-state index in [-0.39, 0.29) is 5.69 Å². The average Bonchev–Trinajstić information content (AvgIpc) is 2.79. The Labute approximate surface area is 109 Å². The van der Waals surface area contributed by atoms with Gasteiger partial charge in [-0.15, -0.1) is 0 Å². The molecule has 1 heterocycles. The summed E-state index contributed by atoms with van der Waals surface area (Å²) >= 11 is 1.73. The molecule has 0 bridgehead atoms. The Morgan fingerprint density at radius 3 is 2.89 bits per heavy atom. The van der Waals surface area contributed by atoms with Crippen molar-refractivity contribution < 1.29 is 8.91 Å². The summed E-state index contributed by atoms with van der Waals surface area (Å²) in [4.78, 5) is 4.25. The lowest BCUT2D eigenvalue weighted by Crippen LogP contribution is -1.92. The van der Waals surface area contributed by atoms with Crippen LogP contribution < -0.4 is 5.73 Å². The van der Waals surface area contributed by atoms with Crippen LogP contribution in [-0.4, -0.2) is 15.4 Å². The normalized spacial score (nSPS) is 11.1. The van der Waals surface area contributed by atoms with E-state index in [2.05, 4.69) is 24.0 Å². The zero-order valence-corrected chi connectivity index (χ0v) is 11.0. The number of hydrogen-bond donors (Lipinski definition) is 1. The molecule has 0 aliphatic rings. The third kappa shape index (κ3) is 3.01. The maximum atomic E-state index is 13.0. The summed E-state index contributed by atoms with van der Waals surface area (Å²) < 4.78 is 18.2. The van der Waals surface area contributed by atoms with Crippen LogP contribution in [0.3, 0.4) is 0 Å². The first kappa shape index (κ1) is 12.9. The number of nitrogens with zero attached hydrogens (tertiary/aromatic N) is 2. The molecule has 0 radical (unpaired) electrons. The largest absolute Gasteiger partial charge is 0.396 e. The molecule has 0 atom stereocenters. The van der Waals surface area contributed by atoms with Crippen molar-refractivity contribution in [3.63, 3.8) is 0 Å². The van der Waals surface area contributed by atoms with Crippen molar-refractivity contribution in [2.75, 3.05) is 5.73 Å². The lowest BCUT2D eigenvalue weighted by atomic mass is 10.2. The van der Waals surface area contributed by atoms with Gasteiger partial charge in [0.05, 0.1) is 11.4 Å². The van der Waals surface area contributed by atoms with Gasteiger partial charge in [-0.05, 0) is 23.4 Å². The number of thioether (sulfide) groups is 1. The first-order valence-electron chi connectivity index (χ1n) is 5.56. The molecule has 0 aliphatic heterocycles. The van der Waals surface area contributed by atoms with Crippen molar-refractivity contribution in [2.45, 2.75) is 24.9 Å². The Balaban J connectivity index is 2.16. The molecule has 2 rings (SSSR count). The van der Waals surface area contributed by atoms with Gasteiger partial charge in [0, 0.05) is 5.56 Å². The fraction of sp³-hybridized carbons (Fsp3) is 0.333. The summed E-state index contributed by atoms with van der Waals surface area (Å²) in [5.41, 5.74) is 6.19. The Morgan fingerprint density at radius 2 is 2.22 bits per heavy atom. The third-order valence-electron chi connectivity index (χ3n) is 2.26. The van der Waals surface area contributed by atoms with Crippen molar-refractivity contribution in [2.24, 2.45) is 0 Å². The van der Waals surface area contributed by atoms with Crippen LogP contribution in [0, 0.1) is 5.82 Å². The van der Waals surface area contributed by atoms with Crippen LogP contribution in [0.2, 0.25) is 0 Å². The Bertz CT molecular complexity index is 542. The van der Waals surface area contributed by atoms with Crippen LogP contribution in [0.4, 0.5) is 10.1 Å².